The van der Waals surface area contributed by atoms with E-state index in [4.69, 9.17) is 23.2 Å². The average Bonchev–Trinajstić information content (AvgIpc) is 2.88. The van der Waals surface area contributed by atoms with Gasteiger partial charge in [0.25, 0.3) is 5.69 Å². The number of nitro benzene ring substituents is 1. The molecule has 4 rings (SSSR count). The zero-order valence-electron chi connectivity index (χ0n) is 20.5. The smallest absolute Gasteiger partial charge is 0.293 e. The van der Waals surface area contributed by atoms with Crippen LogP contribution in [0, 0.1) is 10.1 Å². The van der Waals surface area contributed by atoms with E-state index in [-0.39, 0.29) is 22.3 Å². The highest BCUT2D eigenvalue weighted by Crippen LogP contribution is 2.35. The fraction of sp³-hybridized carbons (Fsp3) is 0.308. The van der Waals surface area contributed by atoms with E-state index in [2.05, 4.69) is 10.2 Å². The highest BCUT2D eigenvalue weighted by atomic mass is 35.5. The lowest BCUT2D eigenvalue weighted by atomic mass is 9.98. The topological polar surface area (TPSA) is 95.8 Å². The van der Waals surface area contributed by atoms with Crippen LogP contribution in [0.4, 0.5) is 11.4 Å². The van der Waals surface area contributed by atoms with Crippen molar-refractivity contribution < 1.29 is 13.3 Å². The number of nitrogens with one attached hydrogen (secondary N) is 1. The van der Waals surface area contributed by atoms with Crippen LogP contribution in [0.2, 0.25) is 10.0 Å². The van der Waals surface area contributed by atoms with Gasteiger partial charge < -0.3 is 10.2 Å². The number of nitro groups is 1. The molecule has 0 radical (unpaired) electrons. The quantitative estimate of drug-likeness (QED) is 0.274. The third-order valence-corrected chi connectivity index (χ3v) is 9.16. The van der Waals surface area contributed by atoms with Gasteiger partial charge in [0, 0.05) is 29.2 Å². The fourth-order valence-electron chi connectivity index (χ4n) is 4.49. The zero-order chi connectivity index (χ0) is 26.7. The molecule has 0 atom stereocenters. The Balaban J connectivity index is 1.69. The average molecular weight is 564 g/mol. The van der Waals surface area contributed by atoms with Gasteiger partial charge in [-0.2, -0.15) is 4.31 Å². The number of rotatable bonds is 8. The molecular formula is C26H28Cl2N4O4S. The van der Waals surface area contributed by atoms with E-state index >= 15 is 0 Å². The van der Waals surface area contributed by atoms with E-state index in [0.717, 1.165) is 30.3 Å². The van der Waals surface area contributed by atoms with Crippen LogP contribution in [-0.2, 0) is 10.0 Å². The Hall–Kier alpha value is -2.69. The predicted octanol–water partition coefficient (Wildman–Crippen LogP) is 5.82. The molecule has 1 N–H and O–H groups in total. The SMILES string of the molecule is CN1CCC(N(C)S(=O)(=O)c2ccc(NC(c3ccc(Cl)cc3)c3ccc(Cl)cc3)c([N+](=O)[O-])c2)CC1. The number of hydrogen-bond acceptors (Lipinski definition) is 6. The molecule has 0 bridgehead atoms. The predicted molar refractivity (Wildman–Crippen MR) is 147 cm³/mol. The van der Waals surface area contributed by atoms with Crippen LogP contribution in [0.1, 0.15) is 30.0 Å². The molecule has 3 aromatic carbocycles. The summed E-state index contributed by atoms with van der Waals surface area (Å²) in [6.07, 6.45) is 1.41. The fourth-order valence-corrected chi connectivity index (χ4v) is 6.18. The van der Waals surface area contributed by atoms with Crippen molar-refractivity contribution in [3.63, 3.8) is 0 Å². The van der Waals surface area contributed by atoms with Gasteiger partial charge in [0.05, 0.1) is 15.9 Å². The second-order valence-electron chi connectivity index (χ2n) is 9.17. The maximum absolute atomic E-state index is 13.4. The minimum atomic E-state index is -3.92. The molecule has 196 valence electrons. The van der Waals surface area contributed by atoms with Crippen molar-refractivity contribution in [1.29, 1.82) is 0 Å². The molecule has 11 heteroatoms. The first-order valence-electron chi connectivity index (χ1n) is 11.8. The Kier molecular flexibility index (Phi) is 8.40. The Morgan fingerprint density at radius 2 is 1.49 bits per heavy atom. The Bertz CT molecular complexity index is 1310. The molecular weight excluding hydrogens is 535 g/mol. The summed E-state index contributed by atoms with van der Waals surface area (Å²) in [5.41, 5.74) is 1.51. The van der Waals surface area contributed by atoms with E-state index in [9.17, 15) is 18.5 Å². The third kappa shape index (κ3) is 6.25. The zero-order valence-corrected chi connectivity index (χ0v) is 22.8. The first-order chi connectivity index (χ1) is 17.6. The summed E-state index contributed by atoms with van der Waals surface area (Å²) in [4.78, 5) is 13.5. The monoisotopic (exact) mass is 562 g/mol. The molecule has 8 nitrogen and oxygen atoms in total. The summed E-state index contributed by atoms with van der Waals surface area (Å²) in [6.45, 7) is 1.59. The van der Waals surface area contributed by atoms with Gasteiger partial charge in [0.15, 0.2) is 0 Å². The van der Waals surface area contributed by atoms with Gasteiger partial charge >= 0.3 is 0 Å². The Labute approximate surface area is 227 Å². The molecule has 1 fully saturated rings. The highest BCUT2D eigenvalue weighted by molar-refractivity contribution is 7.89. The van der Waals surface area contributed by atoms with Gasteiger partial charge in [-0.05, 0) is 80.5 Å². The molecule has 0 aliphatic carbocycles. The molecule has 0 spiro atoms. The molecule has 0 amide bonds. The standard InChI is InChI=1S/C26H28Cl2N4O4S/c1-30-15-13-22(14-16-30)31(2)37(35,36)23-11-12-24(25(17-23)32(33)34)29-26(18-3-7-20(27)8-4-18)19-5-9-21(28)10-6-19/h3-12,17,22,26,29H,13-16H2,1-2H3. The van der Waals surface area contributed by atoms with Gasteiger partial charge in [0.1, 0.15) is 5.69 Å². The van der Waals surface area contributed by atoms with Crippen LogP contribution in [0.15, 0.2) is 71.6 Å². The lowest BCUT2D eigenvalue weighted by molar-refractivity contribution is -0.384. The number of hydrogen-bond donors (Lipinski definition) is 1. The maximum Gasteiger partial charge on any atom is 0.293 e. The van der Waals surface area contributed by atoms with Gasteiger partial charge in [0.2, 0.25) is 10.0 Å². The van der Waals surface area contributed by atoms with Crippen LogP contribution in [-0.4, -0.2) is 55.8 Å². The normalized spacial score (nSPS) is 15.3. The van der Waals surface area contributed by atoms with Gasteiger partial charge in [-0.3, -0.25) is 10.1 Å². The van der Waals surface area contributed by atoms with Crippen molar-refractivity contribution in [2.45, 2.75) is 29.8 Å². The lowest BCUT2D eigenvalue weighted by Gasteiger charge is -2.34. The van der Waals surface area contributed by atoms with Crippen molar-refractivity contribution in [3.8, 4) is 0 Å². The first-order valence-corrected chi connectivity index (χ1v) is 14.0. The summed E-state index contributed by atoms with van der Waals surface area (Å²) in [5, 5.41) is 16.4. The second kappa shape index (κ2) is 11.4. The van der Waals surface area contributed by atoms with E-state index in [1.54, 1.807) is 31.3 Å². The molecule has 3 aromatic rings. The lowest BCUT2D eigenvalue weighted by Crippen LogP contribution is -2.44. The van der Waals surface area contributed by atoms with Crippen molar-refractivity contribution in [2.75, 3.05) is 32.5 Å². The molecule has 0 aromatic heterocycles. The molecule has 0 saturated carbocycles. The molecule has 1 aliphatic rings. The minimum Gasteiger partial charge on any atom is -0.369 e. The number of halogens is 2. The van der Waals surface area contributed by atoms with Crippen molar-refractivity contribution in [3.05, 3.63) is 98.0 Å². The van der Waals surface area contributed by atoms with E-state index < -0.39 is 21.0 Å². The highest BCUT2D eigenvalue weighted by Gasteiger charge is 2.32. The molecule has 1 saturated heterocycles. The number of benzene rings is 3. The second-order valence-corrected chi connectivity index (χ2v) is 12.0. The number of piperidine rings is 1. The number of likely N-dealkylation sites (tertiary alicyclic amines) is 1. The van der Waals surface area contributed by atoms with Gasteiger partial charge in [-0.25, -0.2) is 8.42 Å². The van der Waals surface area contributed by atoms with Crippen LogP contribution >= 0.6 is 23.2 Å². The van der Waals surface area contributed by atoms with Crippen molar-refractivity contribution in [1.82, 2.24) is 9.21 Å². The summed E-state index contributed by atoms with van der Waals surface area (Å²) in [7, 11) is -0.375. The summed E-state index contributed by atoms with van der Waals surface area (Å²) >= 11 is 12.1. The largest absolute Gasteiger partial charge is 0.369 e. The molecule has 1 heterocycles. The maximum atomic E-state index is 13.4. The Morgan fingerprint density at radius 3 is 1.97 bits per heavy atom. The molecule has 0 unspecified atom stereocenters. The Morgan fingerprint density at radius 1 is 0.973 bits per heavy atom. The van der Waals surface area contributed by atoms with E-state index in [1.165, 1.54) is 16.4 Å². The van der Waals surface area contributed by atoms with Crippen molar-refractivity contribution >= 4 is 44.6 Å². The number of sulfonamides is 1. The van der Waals surface area contributed by atoms with Crippen LogP contribution in [0.5, 0.6) is 0 Å². The van der Waals surface area contributed by atoms with Gasteiger partial charge in [-0.15, -0.1) is 0 Å². The summed E-state index contributed by atoms with van der Waals surface area (Å²) in [6, 6.07) is 17.6. The number of anilines is 1. The van der Waals surface area contributed by atoms with E-state index in [0.29, 0.717) is 22.9 Å². The summed E-state index contributed by atoms with van der Waals surface area (Å²) < 4.78 is 28.1. The van der Waals surface area contributed by atoms with Crippen LogP contribution in [0.25, 0.3) is 0 Å². The summed E-state index contributed by atoms with van der Waals surface area (Å²) in [5.74, 6) is 0. The number of nitrogens with zero attached hydrogens (tertiary/aromatic N) is 3. The third-order valence-electron chi connectivity index (χ3n) is 6.75. The molecule has 37 heavy (non-hydrogen) atoms. The van der Waals surface area contributed by atoms with Crippen molar-refractivity contribution in [2.24, 2.45) is 0 Å². The van der Waals surface area contributed by atoms with Crippen LogP contribution in [0.3, 0.4) is 0 Å². The molecule has 1 aliphatic heterocycles. The van der Waals surface area contributed by atoms with Gasteiger partial charge in [-0.1, -0.05) is 47.5 Å². The van der Waals surface area contributed by atoms with Crippen LogP contribution < -0.4 is 5.32 Å². The minimum absolute atomic E-state index is 0.110. The first kappa shape index (κ1) is 27.3. The van der Waals surface area contributed by atoms with E-state index in [1.807, 2.05) is 31.3 Å².